The second kappa shape index (κ2) is 5.80. The molecule has 2 aliphatic carbocycles. The predicted molar refractivity (Wildman–Crippen MR) is 79.1 cm³/mol. The summed E-state index contributed by atoms with van der Waals surface area (Å²) in [5, 5.41) is 0.532. The zero-order chi connectivity index (χ0) is 12.3. The van der Waals surface area contributed by atoms with Crippen molar-refractivity contribution in [3.8, 4) is 0 Å². The predicted octanol–water partition coefficient (Wildman–Crippen LogP) is 5.95. The number of rotatable bonds is 2. The van der Waals surface area contributed by atoms with Gasteiger partial charge in [0.25, 0.3) is 0 Å². The van der Waals surface area contributed by atoms with Crippen LogP contribution in [0.3, 0.4) is 0 Å². The van der Waals surface area contributed by atoms with E-state index in [-0.39, 0.29) is 0 Å². The Morgan fingerprint density at radius 1 is 0.647 bits per heavy atom. The van der Waals surface area contributed by atoms with Crippen LogP contribution in [0.4, 0.5) is 0 Å². The molecule has 98 valence electrons. The molecular weight excluding hydrogens is 203 g/mol. The lowest BCUT2D eigenvalue weighted by Gasteiger charge is -2.43. The molecule has 0 amide bonds. The zero-order valence-corrected chi connectivity index (χ0v) is 12.3. The van der Waals surface area contributed by atoms with E-state index < -0.39 is 0 Å². The molecule has 0 aromatic heterocycles. The van der Waals surface area contributed by atoms with Crippen LogP contribution >= 0.6 is 0 Å². The SMILES string of the molecule is CC(C)(C)B(C1CCCCC1)C1CCCCC1. The molecule has 0 radical (unpaired) electrons. The van der Waals surface area contributed by atoms with Gasteiger partial charge >= 0.3 is 0 Å². The standard InChI is InChI=1S/C16H31B/c1-16(2,3)17(14-10-6-4-7-11-14)15-12-8-5-9-13-15/h14-15H,4-13H2,1-3H3. The van der Waals surface area contributed by atoms with Gasteiger partial charge in [0, 0.05) is 0 Å². The van der Waals surface area contributed by atoms with Gasteiger partial charge in [-0.1, -0.05) is 102 Å². The molecule has 0 atom stereocenters. The molecule has 2 fully saturated rings. The molecule has 0 aromatic carbocycles. The highest BCUT2D eigenvalue weighted by atomic mass is 14.3. The Balaban J connectivity index is 2.06. The van der Waals surface area contributed by atoms with Gasteiger partial charge in [-0.25, -0.2) is 0 Å². The summed E-state index contributed by atoms with van der Waals surface area (Å²) in [6.45, 7) is 8.51. The Hall–Kier alpha value is 0.0649. The van der Waals surface area contributed by atoms with Crippen molar-refractivity contribution in [2.75, 3.05) is 0 Å². The first kappa shape index (κ1) is 13.5. The van der Waals surface area contributed by atoms with E-state index >= 15 is 0 Å². The average molecular weight is 234 g/mol. The van der Waals surface area contributed by atoms with Crippen LogP contribution in [-0.4, -0.2) is 6.71 Å². The Morgan fingerprint density at radius 3 is 1.29 bits per heavy atom. The molecule has 1 heteroatoms. The zero-order valence-electron chi connectivity index (χ0n) is 12.3. The van der Waals surface area contributed by atoms with Crippen molar-refractivity contribution < 1.29 is 0 Å². The van der Waals surface area contributed by atoms with E-state index in [1.54, 1.807) is 0 Å². The average Bonchev–Trinajstić information content (AvgIpc) is 2.30. The Kier molecular flexibility index (Phi) is 4.61. The lowest BCUT2D eigenvalue weighted by Crippen LogP contribution is -2.37. The Bertz CT molecular complexity index is 198. The van der Waals surface area contributed by atoms with Crippen LogP contribution in [0.15, 0.2) is 0 Å². The van der Waals surface area contributed by atoms with Gasteiger partial charge in [0.1, 0.15) is 0 Å². The van der Waals surface area contributed by atoms with Crippen LogP contribution in [0, 0.1) is 0 Å². The van der Waals surface area contributed by atoms with Crippen molar-refractivity contribution in [1.29, 1.82) is 0 Å². The smallest absolute Gasteiger partial charge is 0.0667 e. The van der Waals surface area contributed by atoms with Crippen molar-refractivity contribution in [2.45, 2.75) is 102 Å². The molecule has 0 heterocycles. The molecule has 2 saturated carbocycles. The van der Waals surface area contributed by atoms with E-state index in [1.807, 2.05) is 0 Å². The monoisotopic (exact) mass is 234 g/mol. The first-order valence-electron chi connectivity index (χ1n) is 8.09. The lowest BCUT2D eigenvalue weighted by molar-refractivity contribution is 0.445. The molecule has 2 rings (SSSR count). The van der Waals surface area contributed by atoms with E-state index in [0.717, 1.165) is 18.3 Å². The summed E-state index contributed by atoms with van der Waals surface area (Å²) in [6, 6.07) is 0. The summed E-state index contributed by atoms with van der Waals surface area (Å²) in [4.78, 5) is 0. The Labute approximate surface area is 109 Å². The van der Waals surface area contributed by atoms with Crippen LogP contribution < -0.4 is 0 Å². The highest BCUT2D eigenvalue weighted by Crippen LogP contribution is 2.50. The lowest BCUT2D eigenvalue weighted by atomic mass is 9.21. The van der Waals surface area contributed by atoms with E-state index in [0.29, 0.717) is 5.31 Å². The van der Waals surface area contributed by atoms with Crippen molar-refractivity contribution in [2.24, 2.45) is 0 Å². The topological polar surface area (TPSA) is 0 Å². The van der Waals surface area contributed by atoms with Crippen LogP contribution in [-0.2, 0) is 0 Å². The van der Waals surface area contributed by atoms with Crippen molar-refractivity contribution in [1.82, 2.24) is 0 Å². The third kappa shape index (κ3) is 3.52. The van der Waals surface area contributed by atoms with Gasteiger partial charge in [-0.2, -0.15) is 0 Å². The summed E-state index contributed by atoms with van der Waals surface area (Å²) < 4.78 is 0. The normalized spacial score (nSPS) is 24.9. The third-order valence-electron chi connectivity index (χ3n) is 5.32. The van der Waals surface area contributed by atoms with Crippen molar-refractivity contribution in [3.05, 3.63) is 0 Å². The maximum absolute atomic E-state index is 2.50. The van der Waals surface area contributed by atoms with Crippen molar-refractivity contribution >= 4 is 6.71 Å². The van der Waals surface area contributed by atoms with Gasteiger partial charge in [-0.05, 0) is 0 Å². The third-order valence-corrected chi connectivity index (χ3v) is 5.32. The highest BCUT2D eigenvalue weighted by Gasteiger charge is 2.41. The van der Waals surface area contributed by atoms with E-state index in [4.69, 9.17) is 0 Å². The minimum absolute atomic E-state index is 0.532. The van der Waals surface area contributed by atoms with E-state index in [2.05, 4.69) is 20.8 Å². The van der Waals surface area contributed by atoms with Gasteiger partial charge in [0.05, 0.1) is 0 Å². The second-order valence-electron chi connectivity index (χ2n) is 7.69. The quantitative estimate of drug-likeness (QED) is 0.518. The second-order valence-corrected chi connectivity index (χ2v) is 7.69. The largest absolute Gasteiger partial charge is 0.152 e. The number of hydrogen-bond acceptors (Lipinski definition) is 0. The van der Waals surface area contributed by atoms with Gasteiger partial charge in [0.2, 0.25) is 0 Å². The molecule has 0 saturated heterocycles. The fourth-order valence-electron chi connectivity index (χ4n) is 4.79. The molecule has 0 spiro atoms. The minimum Gasteiger partial charge on any atom is -0.0667 e. The van der Waals surface area contributed by atoms with Crippen LogP contribution in [0.2, 0.25) is 16.9 Å². The maximum atomic E-state index is 2.50. The van der Waals surface area contributed by atoms with Gasteiger partial charge in [-0.3, -0.25) is 0 Å². The summed E-state index contributed by atoms with van der Waals surface area (Å²) in [7, 11) is 0. The highest BCUT2D eigenvalue weighted by molar-refractivity contribution is 6.65. The van der Waals surface area contributed by atoms with Gasteiger partial charge in [-0.15, -0.1) is 0 Å². The fraction of sp³-hybridized carbons (Fsp3) is 1.00. The first-order valence-corrected chi connectivity index (χ1v) is 8.09. The molecule has 17 heavy (non-hydrogen) atoms. The summed E-state index contributed by atoms with van der Waals surface area (Å²) >= 11 is 0. The van der Waals surface area contributed by atoms with Crippen LogP contribution in [0.5, 0.6) is 0 Å². The van der Waals surface area contributed by atoms with E-state index in [9.17, 15) is 0 Å². The van der Waals surface area contributed by atoms with Crippen LogP contribution in [0.1, 0.15) is 85.0 Å². The summed E-state index contributed by atoms with van der Waals surface area (Å²) in [5.41, 5.74) is 0. The number of hydrogen-bond donors (Lipinski definition) is 0. The van der Waals surface area contributed by atoms with Gasteiger partial charge < -0.3 is 0 Å². The van der Waals surface area contributed by atoms with Gasteiger partial charge in [0.15, 0.2) is 6.71 Å². The molecule has 0 N–H and O–H groups in total. The Morgan fingerprint density at radius 2 is 1.00 bits per heavy atom. The summed E-state index contributed by atoms with van der Waals surface area (Å²) in [6.07, 6.45) is 15.1. The molecule has 0 unspecified atom stereocenters. The fourth-order valence-corrected chi connectivity index (χ4v) is 4.79. The summed E-state index contributed by atoms with van der Waals surface area (Å²) in [5.74, 6) is 2.10. The van der Waals surface area contributed by atoms with Crippen LogP contribution in [0.25, 0.3) is 0 Å². The first-order chi connectivity index (χ1) is 8.09. The minimum atomic E-state index is 0.532. The molecule has 0 nitrogen and oxygen atoms in total. The molecule has 0 aromatic rings. The van der Waals surface area contributed by atoms with E-state index in [1.165, 1.54) is 64.2 Å². The molecule has 0 aliphatic heterocycles. The molecule has 0 bridgehead atoms. The maximum Gasteiger partial charge on any atom is 0.152 e. The van der Waals surface area contributed by atoms with Crippen molar-refractivity contribution in [3.63, 3.8) is 0 Å². The molecular formula is C16H31B. The molecule has 2 aliphatic rings.